The molecule has 0 saturated heterocycles. The average molecular weight is 166 g/mol. The SMILES string of the molecule is CCCOc1cc(N)cc(C)n1. The van der Waals surface area contributed by atoms with Gasteiger partial charge < -0.3 is 10.5 Å². The van der Waals surface area contributed by atoms with Crippen LogP contribution in [-0.4, -0.2) is 11.6 Å². The Morgan fingerprint density at radius 1 is 1.50 bits per heavy atom. The highest BCUT2D eigenvalue weighted by molar-refractivity contribution is 5.42. The van der Waals surface area contributed by atoms with E-state index in [0.29, 0.717) is 18.2 Å². The Bertz CT molecular complexity index is 240. The third kappa shape index (κ3) is 2.42. The van der Waals surface area contributed by atoms with Crippen LogP contribution in [0.25, 0.3) is 0 Å². The number of nitrogen functional groups attached to an aromatic ring is 1. The van der Waals surface area contributed by atoms with Crippen molar-refractivity contribution in [3.05, 3.63) is 17.8 Å². The Hall–Kier alpha value is -1.25. The first kappa shape index (κ1) is 8.84. The first-order valence-electron chi connectivity index (χ1n) is 4.09. The molecule has 0 spiro atoms. The maximum Gasteiger partial charge on any atom is 0.215 e. The molecule has 2 N–H and O–H groups in total. The fourth-order valence-corrected chi connectivity index (χ4v) is 0.944. The summed E-state index contributed by atoms with van der Waals surface area (Å²) in [5, 5.41) is 0. The van der Waals surface area contributed by atoms with Gasteiger partial charge in [0.15, 0.2) is 0 Å². The molecule has 0 saturated carbocycles. The van der Waals surface area contributed by atoms with Gasteiger partial charge in [-0.3, -0.25) is 0 Å². The van der Waals surface area contributed by atoms with Crippen LogP contribution in [0.1, 0.15) is 19.0 Å². The molecule has 0 aliphatic heterocycles. The van der Waals surface area contributed by atoms with Crippen molar-refractivity contribution in [1.29, 1.82) is 0 Å². The van der Waals surface area contributed by atoms with E-state index in [1.54, 1.807) is 6.07 Å². The number of anilines is 1. The maximum absolute atomic E-state index is 5.61. The van der Waals surface area contributed by atoms with E-state index in [-0.39, 0.29) is 0 Å². The van der Waals surface area contributed by atoms with Crippen LogP contribution in [0.3, 0.4) is 0 Å². The Morgan fingerprint density at radius 3 is 2.83 bits per heavy atom. The van der Waals surface area contributed by atoms with Gasteiger partial charge in [0.25, 0.3) is 0 Å². The molecule has 1 aromatic rings. The molecule has 3 heteroatoms. The Morgan fingerprint density at radius 2 is 2.25 bits per heavy atom. The highest BCUT2D eigenvalue weighted by Crippen LogP contribution is 2.13. The molecule has 0 aliphatic rings. The highest BCUT2D eigenvalue weighted by atomic mass is 16.5. The summed E-state index contributed by atoms with van der Waals surface area (Å²) >= 11 is 0. The molecule has 66 valence electrons. The van der Waals surface area contributed by atoms with Gasteiger partial charge in [-0.2, -0.15) is 0 Å². The third-order valence-corrected chi connectivity index (χ3v) is 1.41. The zero-order chi connectivity index (χ0) is 8.97. The van der Waals surface area contributed by atoms with Crippen LogP contribution in [0.4, 0.5) is 5.69 Å². The summed E-state index contributed by atoms with van der Waals surface area (Å²) in [6.07, 6.45) is 0.982. The Kier molecular flexibility index (Phi) is 2.91. The van der Waals surface area contributed by atoms with Gasteiger partial charge in [0, 0.05) is 17.4 Å². The van der Waals surface area contributed by atoms with Crippen LogP contribution in [0.15, 0.2) is 12.1 Å². The number of rotatable bonds is 3. The number of nitrogens with two attached hydrogens (primary N) is 1. The zero-order valence-electron chi connectivity index (χ0n) is 7.50. The van der Waals surface area contributed by atoms with Crippen molar-refractivity contribution in [1.82, 2.24) is 4.98 Å². The molecule has 1 rings (SSSR count). The lowest BCUT2D eigenvalue weighted by molar-refractivity contribution is 0.305. The van der Waals surface area contributed by atoms with Gasteiger partial charge in [-0.1, -0.05) is 6.92 Å². The van der Waals surface area contributed by atoms with Crippen molar-refractivity contribution in [3.63, 3.8) is 0 Å². The summed E-state index contributed by atoms with van der Waals surface area (Å²) in [6.45, 7) is 4.64. The molecule has 0 amide bonds. The number of ether oxygens (including phenoxy) is 1. The molecule has 0 radical (unpaired) electrons. The zero-order valence-corrected chi connectivity index (χ0v) is 7.50. The minimum absolute atomic E-state index is 0.620. The number of hydrogen-bond donors (Lipinski definition) is 1. The predicted octanol–water partition coefficient (Wildman–Crippen LogP) is 1.76. The standard InChI is InChI=1S/C9H14N2O/c1-3-4-12-9-6-8(10)5-7(2)11-9/h5-6H,3-4H2,1-2H3,(H2,10,11). The van der Waals surface area contributed by atoms with Crippen LogP contribution in [0.2, 0.25) is 0 Å². The van der Waals surface area contributed by atoms with Gasteiger partial charge in [0.1, 0.15) is 0 Å². The van der Waals surface area contributed by atoms with E-state index in [9.17, 15) is 0 Å². The van der Waals surface area contributed by atoms with E-state index in [1.165, 1.54) is 0 Å². The van der Waals surface area contributed by atoms with Crippen LogP contribution in [-0.2, 0) is 0 Å². The van der Waals surface area contributed by atoms with Gasteiger partial charge in [-0.25, -0.2) is 4.98 Å². The second-order valence-electron chi connectivity index (χ2n) is 2.73. The van der Waals surface area contributed by atoms with Gasteiger partial charge >= 0.3 is 0 Å². The number of pyridine rings is 1. The summed E-state index contributed by atoms with van der Waals surface area (Å²) in [7, 11) is 0. The normalized spacial score (nSPS) is 9.83. The van der Waals surface area contributed by atoms with Gasteiger partial charge in [-0.05, 0) is 19.4 Å². The molecule has 0 atom stereocenters. The van der Waals surface area contributed by atoms with Gasteiger partial charge in [0.2, 0.25) is 5.88 Å². The number of hydrogen-bond acceptors (Lipinski definition) is 3. The maximum atomic E-state index is 5.61. The van der Waals surface area contributed by atoms with E-state index in [2.05, 4.69) is 11.9 Å². The first-order valence-corrected chi connectivity index (χ1v) is 4.09. The Balaban J connectivity index is 2.72. The van der Waals surface area contributed by atoms with Crippen molar-refractivity contribution in [3.8, 4) is 5.88 Å². The molecule has 1 aromatic heterocycles. The topological polar surface area (TPSA) is 48.1 Å². The van der Waals surface area contributed by atoms with E-state index < -0.39 is 0 Å². The minimum Gasteiger partial charge on any atom is -0.478 e. The van der Waals surface area contributed by atoms with Crippen molar-refractivity contribution in [2.45, 2.75) is 20.3 Å². The summed E-state index contributed by atoms with van der Waals surface area (Å²) in [5.41, 5.74) is 7.20. The fourth-order valence-electron chi connectivity index (χ4n) is 0.944. The lowest BCUT2D eigenvalue weighted by atomic mass is 10.3. The lowest BCUT2D eigenvalue weighted by Crippen LogP contribution is -1.99. The predicted molar refractivity (Wildman–Crippen MR) is 49.2 cm³/mol. The fraction of sp³-hybridized carbons (Fsp3) is 0.444. The molecular formula is C9H14N2O. The third-order valence-electron chi connectivity index (χ3n) is 1.41. The first-order chi connectivity index (χ1) is 5.72. The number of aromatic nitrogens is 1. The molecule has 0 unspecified atom stereocenters. The largest absolute Gasteiger partial charge is 0.478 e. The van der Waals surface area contributed by atoms with Crippen molar-refractivity contribution >= 4 is 5.69 Å². The summed E-state index contributed by atoms with van der Waals surface area (Å²) in [4.78, 5) is 4.17. The Labute approximate surface area is 72.6 Å². The number of nitrogens with zero attached hydrogens (tertiary/aromatic N) is 1. The van der Waals surface area contributed by atoms with Crippen molar-refractivity contribution < 1.29 is 4.74 Å². The van der Waals surface area contributed by atoms with Crippen molar-refractivity contribution in [2.24, 2.45) is 0 Å². The molecule has 12 heavy (non-hydrogen) atoms. The minimum atomic E-state index is 0.620. The summed E-state index contributed by atoms with van der Waals surface area (Å²) < 4.78 is 5.33. The smallest absolute Gasteiger partial charge is 0.215 e. The average Bonchev–Trinajstić information content (AvgIpc) is 1.99. The van der Waals surface area contributed by atoms with Crippen LogP contribution >= 0.6 is 0 Å². The lowest BCUT2D eigenvalue weighted by Gasteiger charge is -2.04. The van der Waals surface area contributed by atoms with E-state index in [0.717, 1.165) is 12.1 Å². The molecule has 0 bridgehead atoms. The monoisotopic (exact) mass is 166 g/mol. The summed E-state index contributed by atoms with van der Waals surface area (Å²) in [6, 6.07) is 3.56. The molecule has 0 aliphatic carbocycles. The van der Waals surface area contributed by atoms with Crippen LogP contribution in [0, 0.1) is 6.92 Å². The highest BCUT2D eigenvalue weighted by Gasteiger charge is 1.97. The molecule has 3 nitrogen and oxygen atoms in total. The molecular weight excluding hydrogens is 152 g/mol. The van der Waals surface area contributed by atoms with E-state index in [4.69, 9.17) is 10.5 Å². The second-order valence-corrected chi connectivity index (χ2v) is 2.73. The van der Waals surface area contributed by atoms with Crippen molar-refractivity contribution in [2.75, 3.05) is 12.3 Å². The van der Waals surface area contributed by atoms with E-state index >= 15 is 0 Å². The molecule has 1 heterocycles. The number of aryl methyl sites for hydroxylation is 1. The van der Waals surface area contributed by atoms with E-state index in [1.807, 2.05) is 13.0 Å². The summed E-state index contributed by atoms with van der Waals surface area (Å²) in [5.74, 6) is 0.620. The van der Waals surface area contributed by atoms with Crippen LogP contribution < -0.4 is 10.5 Å². The second kappa shape index (κ2) is 3.95. The van der Waals surface area contributed by atoms with Gasteiger partial charge in [0.05, 0.1) is 6.61 Å². The molecule has 0 aromatic carbocycles. The quantitative estimate of drug-likeness (QED) is 0.744. The van der Waals surface area contributed by atoms with Gasteiger partial charge in [-0.15, -0.1) is 0 Å². The molecule has 0 fully saturated rings. The van der Waals surface area contributed by atoms with Crippen LogP contribution in [0.5, 0.6) is 5.88 Å².